The topological polar surface area (TPSA) is 84.2 Å². The lowest BCUT2D eigenvalue weighted by Crippen LogP contribution is -2.52. The standard InChI is InChI=1S/C19H23N3O2/c1-2-13-21-16(14-9-5-3-6-10-14)17(18(20)23)22-19(24)15-11-7-4-8-12-15/h3-12,16-17,21H,2,13H2,1H3,(H2,20,23)(H,22,24)/t16-,17-/m0/s1. The number of carbonyl (C=O) groups excluding carboxylic acids is 2. The number of primary amides is 1. The van der Waals surface area contributed by atoms with E-state index in [1.807, 2.05) is 43.3 Å². The van der Waals surface area contributed by atoms with Gasteiger partial charge in [-0.15, -0.1) is 0 Å². The summed E-state index contributed by atoms with van der Waals surface area (Å²) in [6.07, 6.45) is 0.904. The number of nitrogens with one attached hydrogen (secondary N) is 2. The Morgan fingerprint density at radius 1 is 1.00 bits per heavy atom. The zero-order chi connectivity index (χ0) is 17.4. The summed E-state index contributed by atoms with van der Waals surface area (Å²) in [6, 6.07) is 17.1. The van der Waals surface area contributed by atoms with Crippen molar-refractivity contribution in [3.05, 3.63) is 71.8 Å². The van der Waals surface area contributed by atoms with Crippen LogP contribution in [0.3, 0.4) is 0 Å². The van der Waals surface area contributed by atoms with Crippen LogP contribution in [-0.4, -0.2) is 24.4 Å². The Morgan fingerprint density at radius 3 is 2.12 bits per heavy atom. The molecule has 2 aromatic carbocycles. The molecule has 2 atom stereocenters. The lowest BCUT2D eigenvalue weighted by molar-refractivity contribution is -0.120. The minimum atomic E-state index is -0.841. The summed E-state index contributed by atoms with van der Waals surface area (Å²) < 4.78 is 0. The van der Waals surface area contributed by atoms with Gasteiger partial charge in [0.25, 0.3) is 5.91 Å². The summed E-state index contributed by atoms with van der Waals surface area (Å²) in [7, 11) is 0. The predicted octanol–water partition coefficient (Wildman–Crippen LogP) is 2.01. The summed E-state index contributed by atoms with van der Waals surface area (Å²) in [5, 5.41) is 6.07. The molecule has 0 bridgehead atoms. The maximum atomic E-state index is 12.4. The molecule has 2 amide bonds. The summed E-state index contributed by atoms with van der Waals surface area (Å²) in [5.41, 5.74) is 6.98. The number of benzene rings is 2. The molecular weight excluding hydrogens is 302 g/mol. The first kappa shape index (κ1) is 17.7. The van der Waals surface area contributed by atoms with E-state index in [-0.39, 0.29) is 11.9 Å². The average molecular weight is 325 g/mol. The third-order valence-electron chi connectivity index (χ3n) is 3.74. The highest BCUT2D eigenvalue weighted by molar-refractivity contribution is 5.97. The summed E-state index contributed by atoms with van der Waals surface area (Å²) in [6.45, 7) is 2.75. The average Bonchev–Trinajstić information content (AvgIpc) is 2.62. The van der Waals surface area contributed by atoms with Crippen LogP contribution in [-0.2, 0) is 4.79 Å². The lowest BCUT2D eigenvalue weighted by Gasteiger charge is -2.27. The molecule has 0 saturated carbocycles. The van der Waals surface area contributed by atoms with Crippen molar-refractivity contribution in [3.63, 3.8) is 0 Å². The van der Waals surface area contributed by atoms with E-state index >= 15 is 0 Å². The fourth-order valence-electron chi connectivity index (χ4n) is 2.52. The molecule has 4 N–H and O–H groups in total. The number of hydrogen-bond donors (Lipinski definition) is 3. The van der Waals surface area contributed by atoms with Gasteiger partial charge in [0.15, 0.2) is 0 Å². The molecule has 2 aromatic rings. The first-order chi connectivity index (χ1) is 11.6. The van der Waals surface area contributed by atoms with Gasteiger partial charge >= 0.3 is 0 Å². The van der Waals surface area contributed by atoms with Gasteiger partial charge in [0.05, 0.1) is 6.04 Å². The highest BCUT2D eigenvalue weighted by Crippen LogP contribution is 2.17. The van der Waals surface area contributed by atoms with E-state index in [1.165, 1.54) is 0 Å². The number of carbonyl (C=O) groups is 2. The Hall–Kier alpha value is -2.66. The number of hydrogen-bond acceptors (Lipinski definition) is 3. The summed E-state index contributed by atoms with van der Waals surface area (Å²) >= 11 is 0. The highest BCUT2D eigenvalue weighted by atomic mass is 16.2. The van der Waals surface area contributed by atoms with Gasteiger partial charge in [-0.3, -0.25) is 9.59 Å². The van der Waals surface area contributed by atoms with Crippen molar-refractivity contribution >= 4 is 11.8 Å². The molecule has 5 nitrogen and oxygen atoms in total. The van der Waals surface area contributed by atoms with Gasteiger partial charge in [0.2, 0.25) is 5.91 Å². The van der Waals surface area contributed by atoms with E-state index in [0.717, 1.165) is 12.0 Å². The molecule has 0 radical (unpaired) electrons. The minimum Gasteiger partial charge on any atom is -0.368 e. The SMILES string of the molecule is CCCN[C@@H](c1ccccc1)[C@H](NC(=O)c1ccccc1)C(N)=O. The molecule has 0 fully saturated rings. The Bertz CT molecular complexity index is 659. The van der Waals surface area contributed by atoms with Crippen LogP contribution in [0, 0.1) is 0 Å². The predicted molar refractivity (Wildman–Crippen MR) is 94.4 cm³/mol. The summed E-state index contributed by atoms with van der Waals surface area (Å²) in [4.78, 5) is 24.4. The quantitative estimate of drug-likeness (QED) is 0.694. The molecule has 0 aliphatic heterocycles. The Morgan fingerprint density at radius 2 is 1.58 bits per heavy atom. The molecule has 0 saturated heterocycles. The van der Waals surface area contributed by atoms with E-state index in [4.69, 9.17) is 5.73 Å². The molecule has 0 heterocycles. The van der Waals surface area contributed by atoms with Gasteiger partial charge in [-0.1, -0.05) is 55.5 Å². The Kier molecular flexibility index (Phi) is 6.51. The van der Waals surface area contributed by atoms with E-state index in [0.29, 0.717) is 12.1 Å². The van der Waals surface area contributed by atoms with Crippen LogP contribution in [0.4, 0.5) is 0 Å². The van der Waals surface area contributed by atoms with Crippen molar-refractivity contribution < 1.29 is 9.59 Å². The first-order valence-electron chi connectivity index (χ1n) is 8.07. The second kappa shape index (κ2) is 8.84. The van der Waals surface area contributed by atoms with Gasteiger partial charge < -0.3 is 16.4 Å². The van der Waals surface area contributed by atoms with Crippen LogP contribution >= 0.6 is 0 Å². The Balaban J connectivity index is 2.24. The van der Waals surface area contributed by atoms with E-state index in [9.17, 15) is 9.59 Å². The van der Waals surface area contributed by atoms with E-state index < -0.39 is 11.9 Å². The number of rotatable bonds is 8. The molecule has 126 valence electrons. The zero-order valence-corrected chi connectivity index (χ0v) is 13.7. The minimum absolute atomic E-state index is 0.321. The first-order valence-corrected chi connectivity index (χ1v) is 8.07. The van der Waals surface area contributed by atoms with Crippen molar-refractivity contribution in [1.82, 2.24) is 10.6 Å². The van der Waals surface area contributed by atoms with Gasteiger partial charge in [-0.05, 0) is 30.7 Å². The fourth-order valence-corrected chi connectivity index (χ4v) is 2.52. The number of nitrogens with two attached hydrogens (primary N) is 1. The van der Waals surface area contributed by atoms with Gasteiger partial charge in [0, 0.05) is 5.56 Å². The molecule has 0 unspecified atom stereocenters. The molecule has 0 aromatic heterocycles. The molecule has 0 spiro atoms. The van der Waals surface area contributed by atoms with Crippen LogP contribution < -0.4 is 16.4 Å². The van der Waals surface area contributed by atoms with Crippen molar-refractivity contribution in [3.8, 4) is 0 Å². The second-order valence-corrected chi connectivity index (χ2v) is 5.56. The maximum absolute atomic E-state index is 12.4. The molecule has 0 aliphatic rings. The summed E-state index contributed by atoms with van der Waals surface area (Å²) in [5.74, 6) is -0.893. The molecule has 0 aliphatic carbocycles. The van der Waals surface area contributed by atoms with Crippen molar-refractivity contribution in [2.45, 2.75) is 25.4 Å². The monoisotopic (exact) mass is 325 g/mol. The second-order valence-electron chi connectivity index (χ2n) is 5.56. The Labute approximate surface area is 142 Å². The molecule has 2 rings (SSSR count). The zero-order valence-electron chi connectivity index (χ0n) is 13.7. The van der Waals surface area contributed by atoms with Crippen LogP contribution in [0.25, 0.3) is 0 Å². The molecule has 5 heteroatoms. The van der Waals surface area contributed by atoms with Gasteiger partial charge in [-0.25, -0.2) is 0 Å². The third-order valence-corrected chi connectivity index (χ3v) is 3.74. The van der Waals surface area contributed by atoms with E-state index in [1.54, 1.807) is 24.3 Å². The normalized spacial score (nSPS) is 13.0. The number of amides is 2. The van der Waals surface area contributed by atoms with Crippen LogP contribution in [0.15, 0.2) is 60.7 Å². The van der Waals surface area contributed by atoms with Crippen molar-refractivity contribution in [2.75, 3.05) is 6.54 Å². The lowest BCUT2D eigenvalue weighted by atomic mass is 9.98. The highest BCUT2D eigenvalue weighted by Gasteiger charge is 2.29. The van der Waals surface area contributed by atoms with Gasteiger partial charge in [0.1, 0.15) is 6.04 Å². The van der Waals surface area contributed by atoms with Crippen molar-refractivity contribution in [1.29, 1.82) is 0 Å². The molecule has 24 heavy (non-hydrogen) atoms. The van der Waals surface area contributed by atoms with E-state index in [2.05, 4.69) is 10.6 Å². The van der Waals surface area contributed by atoms with Gasteiger partial charge in [-0.2, -0.15) is 0 Å². The largest absolute Gasteiger partial charge is 0.368 e. The smallest absolute Gasteiger partial charge is 0.251 e. The van der Waals surface area contributed by atoms with Crippen LogP contribution in [0.1, 0.15) is 35.3 Å². The van der Waals surface area contributed by atoms with Crippen molar-refractivity contribution in [2.24, 2.45) is 5.73 Å². The maximum Gasteiger partial charge on any atom is 0.251 e. The third kappa shape index (κ3) is 4.67. The fraction of sp³-hybridized carbons (Fsp3) is 0.263. The van der Waals surface area contributed by atoms with Crippen LogP contribution in [0.2, 0.25) is 0 Å². The van der Waals surface area contributed by atoms with Crippen LogP contribution in [0.5, 0.6) is 0 Å². The molecular formula is C19H23N3O2.